The minimum atomic E-state index is -0.721. The molecule has 0 bridgehead atoms. The van der Waals surface area contributed by atoms with Crippen LogP contribution in [0.3, 0.4) is 0 Å². The van der Waals surface area contributed by atoms with Gasteiger partial charge in [0, 0.05) is 29.9 Å². The molecule has 0 aromatic heterocycles. The Labute approximate surface area is 166 Å². The van der Waals surface area contributed by atoms with Gasteiger partial charge in [-0.2, -0.15) is 0 Å². The lowest BCUT2D eigenvalue weighted by atomic mass is 10.0. The molecule has 0 spiro atoms. The summed E-state index contributed by atoms with van der Waals surface area (Å²) >= 11 is 0. The molecule has 2 N–H and O–H groups in total. The van der Waals surface area contributed by atoms with Crippen molar-refractivity contribution in [3.05, 3.63) is 53.9 Å². The van der Waals surface area contributed by atoms with E-state index in [2.05, 4.69) is 5.32 Å². The monoisotopic (exact) mass is 397 g/mol. The van der Waals surface area contributed by atoms with E-state index in [9.17, 15) is 24.3 Å². The van der Waals surface area contributed by atoms with Crippen molar-refractivity contribution in [2.45, 2.75) is 31.5 Å². The number of nitrogens with one attached hydrogen (secondary N) is 1. The molecule has 4 rings (SSSR count). The predicted octanol–water partition coefficient (Wildman–Crippen LogP) is 0.0569. The molecule has 4 amide bonds. The molecule has 1 atom stereocenters. The van der Waals surface area contributed by atoms with Gasteiger partial charge < -0.3 is 14.7 Å². The fraction of sp³-hybridized carbons (Fsp3) is 0.300. The fourth-order valence-corrected chi connectivity index (χ4v) is 3.55. The van der Waals surface area contributed by atoms with E-state index in [4.69, 9.17) is 4.74 Å². The van der Waals surface area contributed by atoms with Crippen LogP contribution in [0.5, 0.6) is 5.75 Å². The van der Waals surface area contributed by atoms with Crippen LogP contribution in [0.25, 0.3) is 0 Å². The minimum absolute atomic E-state index is 0.167. The molecule has 1 unspecified atom stereocenters. The number of carbonyl (C=O) groups is 4. The van der Waals surface area contributed by atoms with Crippen molar-refractivity contribution in [3.8, 4) is 5.75 Å². The number of ether oxygens (including phenoxy) is 1. The van der Waals surface area contributed by atoms with Gasteiger partial charge in [-0.3, -0.25) is 29.4 Å². The van der Waals surface area contributed by atoms with E-state index in [1.54, 1.807) is 18.2 Å². The van der Waals surface area contributed by atoms with Crippen LogP contribution < -0.4 is 10.1 Å². The zero-order chi connectivity index (χ0) is 20.5. The summed E-state index contributed by atoms with van der Waals surface area (Å²) in [6, 6.07) is 4.26. The summed E-state index contributed by atoms with van der Waals surface area (Å²) in [6.45, 7) is -0.0889. The highest BCUT2D eigenvalue weighted by molar-refractivity contribution is 6.05. The van der Waals surface area contributed by atoms with Crippen molar-refractivity contribution in [1.29, 1.82) is 0 Å². The van der Waals surface area contributed by atoms with Gasteiger partial charge in [0.05, 0.1) is 12.6 Å². The Bertz CT molecular complexity index is 940. The van der Waals surface area contributed by atoms with Crippen LogP contribution >= 0.6 is 0 Å². The molecule has 9 nitrogen and oxygen atoms in total. The van der Waals surface area contributed by atoms with Crippen molar-refractivity contribution in [3.63, 3.8) is 0 Å². The average molecular weight is 397 g/mol. The Morgan fingerprint density at radius 3 is 2.69 bits per heavy atom. The number of aliphatic hydroxyl groups excluding tert-OH is 1. The van der Waals surface area contributed by atoms with E-state index >= 15 is 0 Å². The number of rotatable bonds is 4. The van der Waals surface area contributed by atoms with Gasteiger partial charge in [-0.25, -0.2) is 0 Å². The third kappa shape index (κ3) is 3.64. The molecule has 3 aliphatic rings. The van der Waals surface area contributed by atoms with Crippen molar-refractivity contribution in [1.82, 2.24) is 15.1 Å². The molecule has 3 aliphatic heterocycles. The van der Waals surface area contributed by atoms with E-state index in [1.165, 1.54) is 34.4 Å². The van der Waals surface area contributed by atoms with Crippen LogP contribution in [0.1, 0.15) is 28.8 Å². The molecule has 1 aromatic rings. The van der Waals surface area contributed by atoms with E-state index in [0.29, 0.717) is 16.9 Å². The highest BCUT2D eigenvalue weighted by Crippen LogP contribution is 2.33. The number of benzene rings is 1. The first kappa shape index (κ1) is 18.9. The number of hydrogen-bond donors (Lipinski definition) is 2. The molecule has 1 aromatic carbocycles. The number of imide groups is 1. The first-order valence-corrected chi connectivity index (χ1v) is 9.19. The summed E-state index contributed by atoms with van der Waals surface area (Å²) in [5.41, 5.74) is 1.02. The Hall–Kier alpha value is -3.46. The number of nitrogens with zero attached hydrogens (tertiary/aromatic N) is 2. The van der Waals surface area contributed by atoms with Crippen molar-refractivity contribution in [2.24, 2.45) is 0 Å². The largest absolute Gasteiger partial charge is 0.483 e. The van der Waals surface area contributed by atoms with Gasteiger partial charge in [0.1, 0.15) is 11.8 Å². The number of amides is 4. The van der Waals surface area contributed by atoms with Crippen LogP contribution in [-0.2, 0) is 20.9 Å². The van der Waals surface area contributed by atoms with E-state index in [-0.39, 0.29) is 43.7 Å². The van der Waals surface area contributed by atoms with Crippen molar-refractivity contribution in [2.75, 3.05) is 6.61 Å². The number of carbonyl (C=O) groups excluding carboxylic acids is 4. The molecule has 150 valence electrons. The zero-order valence-corrected chi connectivity index (χ0v) is 15.4. The van der Waals surface area contributed by atoms with Gasteiger partial charge in [-0.15, -0.1) is 0 Å². The highest BCUT2D eigenvalue weighted by atomic mass is 16.5. The topological polar surface area (TPSA) is 116 Å². The molecular weight excluding hydrogens is 378 g/mol. The molecule has 0 aliphatic carbocycles. The molecular formula is C20H19N3O6. The number of fused-ring (bicyclic) bond motifs is 1. The van der Waals surface area contributed by atoms with E-state index in [0.717, 1.165) is 0 Å². The Kier molecular flexibility index (Phi) is 4.89. The summed E-state index contributed by atoms with van der Waals surface area (Å²) in [7, 11) is 0. The van der Waals surface area contributed by atoms with Gasteiger partial charge in [-0.1, -0.05) is 6.07 Å². The zero-order valence-electron chi connectivity index (χ0n) is 15.4. The molecule has 9 heteroatoms. The molecule has 0 radical (unpaired) electrons. The number of hydrogen-bond acceptors (Lipinski definition) is 6. The van der Waals surface area contributed by atoms with Gasteiger partial charge in [0.15, 0.2) is 6.61 Å². The summed E-state index contributed by atoms with van der Waals surface area (Å²) in [6.07, 6.45) is 5.59. The second-order valence-corrected chi connectivity index (χ2v) is 6.95. The van der Waals surface area contributed by atoms with Crippen LogP contribution in [0, 0.1) is 0 Å². The second-order valence-electron chi connectivity index (χ2n) is 6.95. The first-order chi connectivity index (χ1) is 13.9. The quantitative estimate of drug-likeness (QED) is 0.694. The summed E-state index contributed by atoms with van der Waals surface area (Å²) in [4.78, 5) is 51.3. The number of piperidine rings is 1. The third-order valence-electron chi connectivity index (χ3n) is 5.07. The SMILES string of the molecule is O=C1CCC(N2Cc3c(OCC(=O)N4C=CC(O)C=C4)cccc3C2=O)C(=O)N1. The lowest BCUT2D eigenvalue weighted by Crippen LogP contribution is -2.52. The van der Waals surface area contributed by atoms with Crippen molar-refractivity contribution >= 4 is 23.6 Å². The molecule has 3 heterocycles. The summed E-state index contributed by atoms with van der Waals surface area (Å²) in [5, 5.41) is 11.7. The minimum Gasteiger partial charge on any atom is -0.483 e. The van der Waals surface area contributed by atoms with Crippen molar-refractivity contribution < 1.29 is 29.0 Å². The lowest BCUT2D eigenvalue weighted by Gasteiger charge is -2.29. The van der Waals surface area contributed by atoms with Crippen LogP contribution in [0.15, 0.2) is 42.8 Å². The van der Waals surface area contributed by atoms with E-state index in [1.807, 2.05) is 0 Å². The summed E-state index contributed by atoms with van der Waals surface area (Å²) < 4.78 is 5.66. The molecule has 29 heavy (non-hydrogen) atoms. The van der Waals surface area contributed by atoms with Crippen LogP contribution in [0.2, 0.25) is 0 Å². The standard InChI is InChI=1S/C20H19N3O6/c24-12-6-8-22(9-7-12)18(26)11-29-16-3-1-2-13-14(16)10-23(20(13)28)15-4-5-17(25)21-19(15)27/h1-3,6-9,12,15,24H,4-5,10-11H2,(H,21,25,27). The predicted molar refractivity (Wildman–Crippen MR) is 99.1 cm³/mol. The highest BCUT2D eigenvalue weighted by Gasteiger charge is 2.40. The van der Waals surface area contributed by atoms with Crippen LogP contribution in [-0.4, -0.2) is 57.3 Å². The fourth-order valence-electron chi connectivity index (χ4n) is 3.55. The van der Waals surface area contributed by atoms with Gasteiger partial charge in [0.2, 0.25) is 11.8 Å². The molecule has 0 saturated carbocycles. The van der Waals surface area contributed by atoms with E-state index < -0.39 is 18.1 Å². The number of aliphatic hydroxyl groups is 1. The first-order valence-electron chi connectivity index (χ1n) is 9.19. The second kappa shape index (κ2) is 7.51. The Morgan fingerprint density at radius 1 is 1.21 bits per heavy atom. The Balaban J connectivity index is 1.46. The molecule has 1 saturated heterocycles. The maximum absolute atomic E-state index is 12.8. The van der Waals surface area contributed by atoms with Crippen LogP contribution in [0.4, 0.5) is 0 Å². The normalized spacial score (nSPS) is 21.4. The van der Waals surface area contributed by atoms with Gasteiger partial charge in [0.25, 0.3) is 11.8 Å². The average Bonchev–Trinajstić information content (AvgIpc) is 3.04. The lowest BCUT2D eigenvalue weighted by molar-refractivity contribution is -0.137. The maximum Gasteiger partial charge on any atom is 0.268 e. The Morgan fingerprint density at radius 2 is 1.97 bits per heavy atom. The van der Waals surface area contributed by atoms with Gasteiger partial charge in [-0.05, 0) is 30.7 Å². The summed E-state index contributed by atoms with van der Waals surface area (Å²) in [5.74, 6) is -1.07. The third-order valence-corrected chi connectivity index (χ3v) is 5.07. The maximum atomic E-state index is 12.8. The molecule has 1 fully saturated rings. The smallest absolute Gasteiger partial charge is 0.268 e. The van der Waals surface area contributed by atoms with Gasteiger partial charge >= 0.3 is 0 Å².